The van der Waals surface area contributed by atoms with Crippen molar-refractivity contribution in [1.29, 1.82) is 0 Å². The lowest BCUT2D eigenvalue weighted by molar-refractivity contribution is 0.103. The van der Waals surface area contributed by atoms with Crippen LogP contribution >= 0.6 is 54.2 Å². The Hall–Kier alpha value is -2.21. The van der Waals surface area contributed by atoms with Gasteiger partial charge in [-0.2, -0.15) is 0 Å². The Kier molecular flexibility index (Phi) is 8.56. The van der Waals surface area contributed by atoms with Gasteiger partial charge in [-0.1, -0.05) is 76.7 Å². The normalized spacial score (nSPS) is 11.6. The molecule has 0 bridgehead atoms. The summed E-state index contributed by atoms with van der Waals surface area (Å²) in [6.07, 6.45) is 0. The van der Waals surface area contributed by atoms with Crippen molar-refractivity contribution in [2.75, 3.05) is 21.3 Å². The van der Waals surface area contributed by atoms with Crippen molar-refractivity contribution in [2.24, 2.45) is 0 Å². The molecule has 34 heavy (non-hydrogen) atoms. The Morgan fingerprint density at radius 3 is 1.68 bits per heavy atom. The Morgan fingerprint density at radius 1 is 0.735 bits per heavy atom. The first-order valence-electron chi connectivity index (χ1n) is 9.52. The van der Waals surface area contributed by atoms with Gasteiger partial charge in [-0.15, -0.1) is 0 Å². The van der Waals surface area contributed by atoms with E-state index in [-0.39, 0.29) is 48.0 Å². The molecule has 3 aromatic rings. The van der Waals surface area contributed by atoms with Gasteiger partial charge < -0.3 is 18.8 Å². The van der Waals surface area contributed by atoms with Crippen molar-refractivity contribution in [3.8, 4) is 17.2 Å². The summed E-state index contributed by atoms with van der Waals surface area (Å²) < 4.78 is 29.2. The number of hydrogen-bond donors (Lipinski definition) is 0. The van der Waals surface area contributed by atoms with Gasteiger partial charge in [0.05, 0.1) is 52.3 Å². The molecule has 0 aliphatic heterocycles. The van der Waals surface area contributed by atoms with Crippen LogP contribution in [0, 0.1) is 0 Å². The minimum atomic E-state index is -3.42. The van der Waals surface area contributed by atoms with Crippen molar-refractivity contribution in [3.63, 3.8) is 0 Å². The van der Waals surface area contributed by atoms with Crippen molar-refractivity contribution < 1.29 is 28.4 Å². The number of ketones is 1. The maximum absolute atomic E-state index is 13.5. The highest BCUT2D eigenvalue weighted by Gasteiger charge is 2.33. The summed E-state index contributed by atoms with van der Waals surface area (Å²) in [5.74, 6) is -0.0361. The molecule has 6 nitrogen and oxygen atoms in total. The SMILES string of the molecule is COc1cc(OC)c(C(=O)[PH](=O)c2c(Cl)c(Cl)c(C(=O)c3ccccc3)c(Cl)c2Cl)c(OC)c1. The van der Waals surface area contributed by atoms with E-state index in [2.05, 4.69) is 0 Å². The molecule has 0 aliphatic rings. The minimum Gasteiger partial charge on any atom is -0.496 e. The number of hydrogen-bond acceptors (Lipinski definition) is 6. The number of halogens is 4. The highest BCUT2D eigenvalue weighted by Crippen LogP contribution is 2.46. The van der Waals surface area contributed by atoms with Crippen LogP contribution in [0.4, 0.5) is 0 Å². The highest BCUT2D eigenvalue weighted by atomic mass is 35.5. The molecular formula is C23H17Cl4O6P. The molecule has 3 aromatic carbocycles. The van der Waals surface area contributed by atoms with E-state index in [1.165, 1.54) is 33.5 Å². The van der Waals surface area contributed by atoms with E-state index in [1.807, 2.05) is 0 Å². The summed E-state index contributed by atoms with van der Waals surface area (Å²) in [4.78, 5) is 26.3. The molecule has 0 aromatic heterocycles. The first-order chi connectivity index (χ1) is 16.2. The number of rotatable bonds is 8. The summed E-state index contributed by atoms with van der Waals surface area (Å²) in [5, 5.41) is -1.41. The second-order valence-electron chi connectivity index (χ2n) is 6.77. The summed E-state index contributed by atoms with van der Waals surface area (Å²) in [6.45, 7) is 0. The Morgan fingerprint density at radius 2 is 1.24 bits per heavy atom. The number of carbonyl (C=O) groups is 2. The monoisotopic (exact) mass is 560 g/mol. The quantitative estimate of drug-likeness (QED) is 0.175. The number of methoxy groups -OCH3 is 3. The van der Waals surface area contributed by atoms with Gasteiger partial charge in [-0.25, -0.2) is 0 Å². The molecule has 0 aliphatic carbocycles. The van der Waals surface area contributed by atoms with E-state index < -0.39 is 19.1 Å². The molecule has 0 spiro atoms. The highest BCUT2D eigenvalue weighted by molar-refractivity contribution is 7.72. The zero-order valence-electron chi connectivity index (χ0n) is 18.0. The van der Waals surface area contributed by atoms with Crippen molar-refractivity contribution in [2.45, 2.75) is 0 Å². The van der Waals surface area contributed by atoms with Gasteiger partial charge in [0.25, 0.3) is 0 Å². The molecule has 3 rings (SSSR count). The predicted octanol–water partition coefficient (Wildman–Crippen LogP) is 6.58. The molecule has 0 radical (unpaired) electrons. The van der Waals surface area contributed by atoms with Crippen LogP contribution in [0.15, 0.2) is 42.5 Å². The van der Waals surface area contributed by atoms with Crippen LogP contribution in [-0.2, 0) is 4.57 Å². The third-order valence-electron chi connectivity index (χ3n) is 4.90. The molecule has 178 valence electrons. The zero-order valence-corrected chi connectivity index (χ0v) is 22.0. The van der Waals surface area contributed by atoms with Crippen LogP contribution in [0.25, 0.3) is 0 Å². The Balaban J connectivity index is 2.16. The topological polar surface area (TPSA) is 78.9 Å². The lowest BCUT2D eigenvalue weighted by atomic mass is 10.0. The molecule has 0 fully saturated rings. The van der Waals surface area contributed by atoms with Crippen molar-refractivity contribution in [1.82, 2.24) is 0 Å². The molecule has 0 N–H and O–H groups in total. The number of ether oxygens (including phenoxy) is 3. The van der Waals surface area contributed by atoms with E-state index in [0.29, 0.717) is 11.3 Å². The molecule has 11 heteroatoms. The van der Waals surface area contributed by atoms with Gasteiger partial charge in [0, 0.05) is 17.7 Å². The molecule has 0 saturated carbocycles. The maximum Gasteiger partial charge on any atom is 0.230 e. The molecular weight excluding hydrogens is 545 g/mol. The summed E-state index contributed by atoms with van der Waals surface area (Å²) in [6, 6.07) is 11.1. The summed E-state index contributed by atoms with van der Waals surface area (Å²) in [5.41, 5.74) is -0.823. The summed E-state index contributed by atoms with van der Waals surface area (Å²) in [7, 11) is 0.673. The van der Waals surface area contributed by atoms with Crippen LogP contribution < -0.4 is 19.5 Å². The van der Waals surface area contributed by atoms with Gasteiger partial charge in [-0.05, 0) is 0 Å². The van der Waals surface area contributed by atoms with Crippen LogP contribution in [0.1, 0.15) is 26.3 Å². The van der Waals surface area contributed by atoms with E-state index >= 15 is 0 Å². The van der Waals surface area contributed by atoms with Crippen molar-refractivity contribution in [3.05, 3.63) is 79.2 Å². The average molecular weight is 562 g/mol. The largest absolute Gasteiger partial charge is 0.496 e. The number of carbonyl (C=O) groups excluding carboxylic acids is 2. The molecule has 1 atom stereocenters. The zero-order chi connectivity index (χ0) is 25.2. The van der Waals surface area contributed by atoms with Crippen molar-refractivity contribution >= 4 is 70.8 Å². The van der Waals surface area contributed by atoms with Crippen LogP contribution in [0.5, 0.6) is 17.2 Å². The summed E-state index contributed by atoms with van der Waals surface area (Å²) >= 11 is 25.5. The third kappa shape index (κ3) is 4.79. The van der Waals surface area contributed by atoms with Gasteiger partial charge in [0.15, 0.2) is 13.6 Å². The van der Waals surface area contributed by atoms with Gasteiger partial charge in [0.1, 0.15) is 22.8 Å². The fourth-order valence-corrected chi connectivity index (χ4v) is 6.27. The standard InChI is InChI=1S/C23H17Cl4O6P/c1-31-12-9-13(32-2)15(14(10-12)33-3)23(29)34(30)22-19(26)17(24)16(18(25)20(22)27)21(28)11-7-5-4-6-8-11/h4-10,34H,1-3H3. The van der Waals surface area contributed by atoms with E-state index in [1.54, 1.807) is 30.3 Å². The van der Waals surface area contributed by atoms with Crippen LogP contribution in [-0.4, -0.2) is 32.6 Å². The minimum absolute atomic E-state index is 0.0693. The first kappa shape index (κ1) is 26.4. The molecule has 0 saturated heterocycles. The maximum atomic E-state index is 13.5. The fraction of sp³-hybridized carbons (Fsp3) is 0.130. The Labute approximate surface area is 216 Å². The van der Waals surface area contributed by atoms with E-state index in [4.69, 9.17) is 60.6 Å². The van der Waals surface area contributed by atoms with Crippen LogP contribution in [0.2, 0.25) is 20.1 Å². The predicted molar refractivity (Wildman–Crippen MR) is 135 cm³/mol. The van der Waals surface area contributed by atoms with Gasteiger partial charge in [-0.3, -0.25) is 9.59 Å². The first-order valence-corrected chi connectivity index (χ1v) is 12.4. The number of benzene rings is 3. The average Bonchev–Trinajstić information content (AvgIpc) is 2.86. The molecule has 1 unspecified atom stereocenters. The van der Waals surface area contributed by atoms with Crippen LogP contribution in [0.3, 0.4) is 0 Å². The smallest absolute Gasteiger partial charge is 0.230 e. The molecule has 0 heterocycles. The van der Waals surface area contributed by atoms with Gasteiger partial charge >= 0.3 is 0 Å². The lowest BCUT2D eigenvalue weighted by Gasteiger charge is -2.17. The van der Waals surface area contributed by atoms with Gasteiger partial charge in [0.2, 0.25) is 5.52 Å². The fourth-order valence-electron chi connectivity index (χ4n) is 3.22. The van der Waals surface area contributed by atoms with E-state index in [9.17, 15) is 14.2 Å². The third-order valence-corrected chi connectivity index (χ3v) is 8.54. The Bertz CT molecular complexity index is 1260. The lowest BCUT2D eigenvalue weighted by Crippen LogP contribution is -2.14. The van der Waals surface area contributed by atoms with E-state index in [0.717, 1.165) is 0 Å². The second kappa shape index (κ2) is 11.0. The second-order valence-corrected chi connectivity index (χ2v) is 9.89. The molecule has 0 amide bonds.